The van der Waals surface area contributed by atoms with Gasteiger partial charge >= 0.3 is 0 Å². The van der Waals surface area contributed by atoms with Gasteiger partial charge in [-0.25, -0.2) is 0 Å². The Balaban J connectivity index is 0. The maximum Gasteiger partial charge on any atom is 0 e. The fourth-order valence-corrected chi connectivity index (χ4v) is 0. The average Bonchev–Trinajstić information content (AvgIpc) is 0. The number of hydrogen-bond donors (Lipinski definition) is 0. The van der Waals surface area contributed by atoms with Gasteiger partial charge in [0, 0.05) is 91.6 Å². The maximum atomic E-state index is 0. The third-order valence-corrected chi connectivity index (χ3v) is 0. The molecule has 0 atom stereocenters. The van der Waals surface area contributed by atoms with Gasteiger partial charge in [-0.3, -0.25) is 0 Å². The van der Waals surface area contributed by atoms with E-state index in [1.807, 2.05) is 0 Å². The molecule has 0 amide bonds. The minimum atomic E-state index is 0. The van der Waals surface area contributed by atoms with Crippen molar-refractivity contribution in [1.82, 2.24) is 0 Å². The SMILES string of the molecule is [Ca].[Cr].[Se].[Zn]. The van der Waals surface area contributed by atoms with Crippen molar-refractivity contribution >= 4 is 54.8 Å². The predicted octanol–water partition coefficient (Wildman–Crippen LogP) is -0.767. The van der Waals surface area contributed by atoms with Crippen molar-refractivity contribution in [3.8, 4) is 0 Å². The molecule has 0 rings (SSSR count). The summed E-state index contributed by atoms with van der Waals surface area (Å²) in [5.74, 6) is 0. The molecular weight excluding hydrogens is 236 g/mol. The molecule has 0 aromatic carbocycles. The largest absolute Gasteiger partial charge is 0 e. The molecular formula is CaCrSeZn. The second-order valence-electron chi connectivity index (χ2n) is 0. The van der Waals surface area contributed by atoms with Crippen molar-refractivity contribution in [1.29, 1.82) is 0 Å². The Morgan fingerprint density at radius 3 is 1.00 bits per heavy atom. The minimum Gasteiger partial charge on any atom is 0 e. The molecule has 0 saturated heterocycles. The Labute approximate surface area is 89.8 Å². The van der Waals surface area contributed by atoms with Crippen LogP contribution in [0.3, 0.4) is 0 Å². The van der Waals surface area contributed by atoms with Gasteiger partial charge in [-0.2, -0.15) is 0 Å². The summed E-state index contributed by atoms with van der Waals surface area (Å²) in [5, 5.41) is 0. The van der Waals surface area contributed by atoms with Gasteiger partial charge in [0.05, 0.1) is 0 Å². The molecule has 0 aliphatic heterocycles. The van der Waals surface area contributed by atoms with Crippen LogP contribution in [0, 0.1) is 0 Å². The van der Waals surface area contributed by atoms with Crippen LogP contribution in [0.15, 0.2) is 0 Å². The van der Waals surface area contributed by atoms with E-state index >= 15 is 0 Å². The van der Waals surface area contributed by atoms with Crippen molar-refractivity contribution in [2.24, 2.45) is 0 Å². The summed E-state index contributed by atoms with van der Waals surface area (Å²) >= 11 is 0. The van der Waals surface area contributed by atoms with Gasteiger partial charge in [0.25, 0.3) is 0 Å². The zero-order chi connectivity index (χ0) is 0. The summed E-state index contributed by atoms with van der Waals surface area (Å²) in [6.45, 7) is 0. The molecule has 0 heterocycles. The van der Waals surface area contributed by atoms with Crippen LogP contribution < -0.4 is 0 Å². The molecule has 4 heteroatoms. The van der Waals surface area contributed by atoms with Crippen molar-refractivity contribution in [3.05, 3.63) is 0 Å². The summed E-state index contributed by atoms with van der Waals surface area (Å²) < 4.78 is 0. The first-order valence-electron chi connectivity index (χ1n) is 0. The van der Waals surface area contributed by atoms with E-state index < -0.39 is 0 Å². The van der Waals surface area contributed by atoms with E-state index in [0.29, 0.717) is 0 Å². The van der Waals surface area contributed by atoms with E-state index in [0.717, 1.165) is 0 Å². The van der Waals surface area contributed by atoms with Crippen LogP contribution in [0.2, 0.25) is 0 Å². The Hall–Kier alpha value is 2.94. The first-order valence-corrected chi connectivity index (χ1v) is 0. The Morgan fingerprint density at radius 1 is 1.00 bits per heavy atom. The molecule has 0 N–H and O–H groups in total. The molecule has 0 spiro atoms. The predicted molar refractivity (Wildman–Crippen MR) is 11.5 cm³/mol. The van der Waals surface area contributed by atoms with Crippen molar-refractivity contribution in [2.45, 2.75) is 0 Å². The smallest absolute Gasteiger partial charge is 0 e. The molecule has 0 unspecified atom stereocenters. The van der Waals surface area contributed by atoms with Gasteiger partial charge in [0.15, 0.2) is 0 Å². The molecule has 4 heavy (non-hydrogen) atoms. The van der Waals surface area contributed by atoms with Crippen molar-refractivity contribution < 1.29 is 36.8 Å². The van der Waals surface area contributed by atoms with Gasteiger partial charge < -0.3 is 0 Å². The van der Waals surface area contributed by atoms with Gasteiger partial charge in [-0.1, -0.05) is 0 Å². The third-order valence-electron chi connectivity index (χ3n) is 0. The first kappa shape index (κ1) is 28.4. The monoisotopic (exact) mass is 236 g/mol. The molecule has 0 aromatic heterocycles. The molecule has 0 aromatic rings. The molecule has 0 nitrogen and oxygen atoms in total. The Kier molecular flexibility index (Phi) is 119. The van der Waals surface area contributed by atoms with E-state index in [1.165, 1.54) is 0 Å². The molecule has 4 radical (unpaired) electrons. The summed E-state index contributed by atoms with van der Waals surface area (Å²) in [4.78, 5) is 0. The van der Waals surface area contributed by atoms with Crippen LogP contribution in [0.1, 0.15) is 0 Å². The van der Waals surface area contributed by atoms with Crippen LogP contribution in [-0.2, 0) is 36.8 Å². The fraction of sp³-hybridized carbons (Fsp3) is 0. The molecule has 0 bridgehead atoms. The van der Waals surface area contributed by atoms with E-state index in [2.05, 4.69) is 0 Å². The summed E-state index contributed by atoms with van der Waals surface area (Å²) in [5.41, 5.74) is 0. The van der Waals surface area contributed by atoms with E-state index in [-0.39, 0.29) is 91.6 Å². The average molecular weight is 236 g/mol. The van der Waals surface area contributed by atoms with Gasteiger partial charge in [0.1, 0.15) is 0 Å². The van der Waals surface area contributed by atoms with Crippen LogP contribution >= 0.6 is 0 Å². The number of rotatable bonds is 0. The van der Waals surface area contributed by atoms with Crippen LogP contribution in [0.25, 0.3) is 0 Å². The zero-order valence-electron chi connectivity index (χ0n) is 2.23. The van der Waals surface area contributed by atoms with Gasteiger partial charge in [0.2, 0.25) is 0 Å². The third kappa shape index (κ3) is 8.87. The summed E-state index contributed by atoms with van der Waals surface area (Å²) in [7, 11) is 0. The van der Waals surface area contributed by atoms with E-state index in [1.54, 1.807) is 0 Å². The van der Waals surface area contributed by atoms with Gasteiger partial charge in [-0.15, -0.1) is 0 Å². The Bertz CT molecular complexity index is 8.00. The normalized spacial score (nSPS) is 0. The first-order chi connectivity index (χ1) is 0. The summed E-state index contributed by atoms with van der Waals surface area (Å²) in [6.07, 6.45) is 0. The van der Waals surface area contributed by atoms with Crippen molar-refractivity contribution in [2.75, 3.05) is 0 Å². The van der Waals surface area contributed by atoms with E-state index in [9.17, 15) is 0 Å². The summed E-state index contributed by atoms with van der Waals surface area (Å²) in [6, 6.07) is 0. The molecule has 16 valence electrons. The number of hydrogen-bond acceptors (Lipinski definition) is 0. The van der Waals surface area contributed by atoms with Crippen LogP contribution in [0.5, 0.6) is 0 Å². The fourth-order valence-electron chi connectivity index (χ4n) is 0. The standard InChI is InChI=1S/Ca.Cr.Se.Zn. The zero-order valence-corrected chi connectivity index (χ0v) is 10.4. The van der Waals surface area contributed by atoms with Crippen molar-refractivity contribution in [3.63, 3.8) is 0 Å². The minimum absolute atomic E-state index is 0. The van der Waals surface area contributed by atoms with Crippen LogP contribution in [-0.4, -0.2) is 54.8 Å². The Morgan fingerprint density at radius 2 is 1.00 bits per heavy atom. The molecule has 0 aliphatic carbocycles. The molecule has 0 aliphatic rings. The second-order valence-corrected chi connectivity index (χ2v) is 0. The maximum absolute atomic E-state index is 0. The topological polar surface area (TPSA) is 0 Å². The molecule has 0 saturated carbocycles. The second kappa shape index (κ2) is 16.8. The molecule has 0 fully saturated rings. The van der Waals surface area contributed by atoms with Gasteiger partial charge in [-0.05, 0) is 0 Å². The van der Waals surface area contributed by atoms with E-state index in [4.69, 9.17) is 0 Å². The van der Waals surface area contributed by atoms with Crippen LogP contribution in [0.4, 0.5) is 0 Å². The quantitative estimate of drug-likeness (QED) is 0.485.